The number of hydrogen-bond donors (Lipinski definition) is 0. The number of fused-ring (bicyclic) bond motifs is 6. The molecule has 1 aliphatic carbocycles. The topological polar surface area (TPSA) is 16.4 Å². The molecule has 224 valence electrons. The van der Waals surface area contributed by atoms with Gasteiger partial charge >= 0.3 is 0 Å². The largest absolute Gasteiger partial charge is 0.454 e. The average Bonchev–Trinajstić information content (AvgIpc) is 3.62. The second-order valence-electron chi connectivity index (χ2n) is 12.9. The molecule has 8 aromatic rings. The molecule has 0 fully saturated rings. The highest BCUT2D eigenvalue weighted by Crippen LogP contribution is 2.54. The Labute approximate surface area is 275 Å². The van der Waals surface area contributed by atoms with Crippen LogP contribution in [0.2, 0.25) is 0 Å². The highest BCUT2D eigenvalue weighted by Gasteiger charge is 2.37. The van der Waals surface area contributed by atoms with Crippen molar-refractivity contribution < 1.29 is 4.42 Å². The van der Waals surface area contributed by atoms with Gasteiger partial charge in [-0.05, 0) is 69.3 Å². The number of furan rings is 1. The molecule has 0 aliphatic heterocycles. The lowest BCUT2D eigenvalue weighted by molar-refractivity contribution is 0.660. The molecule has 1 aliphatic rings. The van der Waals surface area contributed by atoms with Crippen molar-refractivity contribution in [2.75, 3.05) is 4.90 Å². The summed E-state index contributed by atoms with van der Waals surface area (Å²) in [6.45, 7) is 4.69. The van der Waals surface area contributed by atoms with Gasteiger partial charge < -0.3 is 9.32 Å². The number of para-hydroxylation sites is 3. The molecule has 2 heteroatoms. The number of benzene rings is 7. The van der Waals surface area contributed by atoms with Crippen LogP contribution in [0.3, 0.4) is 0 Å². The molecular formula is C45H33NO. The lowest BCUT2D eigenvalue weighted by atomic mass is 9.82. The van der Waals surface area contributed by atoms with Gasteiger partial charge in [-0.2, -0.15) is 0 Å². The van der Waals surface area contributed by atoms with E-state index in [-0.39, 0.29) is 5.41 Å². The number of anilines is 3. The molecule has 0 bridgehead atoms. The van der Waals surface area contributed by atoms with Crippen LogP contribution in [0, 0.1) is 0 Å². The third-order valence-corrected chi connectivity index (χ3v) is 9.90. The molecule has 0 unspecified atom stereocenters. The minimum Gasteiger partial charge on any atom is -0.454 e. The molecule has 0 saturated heterocycles. The molecule has 1 aromatic heterocycles. The van der Waals surface area contributed by atoms with Gasteiger partial charge in [-0.15, -0.1) is 0 Å². The summed E-state index contributed by atoms with van der Waals surface area (Å²) in [5.41, 5.74) is 15.0. The fraction of sp³-hybridized carbons (Fsp3) is 0.0667. The molecule has 7 aromatic carbocycles. The second-order valence-corrected chi connectivity index (χ2v) is 12.9. The molecule has 9 rings (SSSR count). The Morgan fingerprint density at radius 1 is 0.447 bits per heavy atom. The first-order valence-corrected chi connectivity index (χ1v) is 16.3. The molecule has 0 spiro atoms. The Morgan fingerprint density at radius 2 is 1.04 bits per heavy atom. The second kappa shape index (κ2) is 10.6. The molecular weight excluding hydrogens is 571 g/mol. The van der Waals surface area contributed by atoms with E-state index in [0.29, 0.717) is 0 Å². The first-order chi connectivity index (χ1) is 23.1. The summed E-state index contributed by atoms with van der Waals surface area (Å²) >= 11 is 0. The van der Waals surface area contributed by atoms with Gasteiger partial charge in [-0.3, -0.25) is 0 Å². The van der Waals surface area contributed by atoms with Crippen LogP contribution < -0.4 is 4.90 Å². The predicted octanol–water partition coefficient (Wildman–Crippen LogP) is 12.7. The van der Waals surface area contributed by atoms with Crippen molar-refractivity contribution in [2.24, 2.45) is 0 Å². The van der Waals surface area contributed by atoms with E-state index in [1.165, 1.54) is 44.5 Å². The zero-order chi connectivity index (χ0) is 31.5. The van der Waals surface area contributed by atoms with Gasteiger partial charge in [-0.1, -0.05) is 147 Å². The zero-order valence-corrected chi connectivity index (χ0v) is 26.4. The molecule has 47 heavy (non-hydrogen) atoms. The summed E-state index contributed by atoms with van der Waals surface area (Å²) in [5, 5.41) is 2.23. The number of hydrogen-bond acceptors (Lipinski definition) is 2. The van der Waals surface area contributed by atoms with Gasteiger partial charge in [0.15, 0.2) is 5.58 Å². The fourth-order valence-electron chi connectivity index (χ4n) is 7.63. The molecule has 0 radical (unpaired) electrons. The fourth-order valence-corrected chi connectivity index (χ4v) is 7.63. The van der Waals surface area contributed by atoms with Crippen molar-refractivity contribution in [3.63, 3.8) is 0 Å². The third-order valence-electron chi connectivity index (χ3n) is 9.90. The zero-order valence-electron chi connectivity index (χ0n) is 26.4. The maximum Gasteiger partial charge on any atom is 0.159 e. The van der Waals surface area contributed by atoms with E-state index in [1.54, 1.807) is 0 Å². The van der Waals surface area contributed by atoms with E-state index in [4.69, 9.17) is 4.42 Å². The van der Waals surface area contributed by atoms with Crippen molar-refractivity contribution in [3.05, 3.63) is 175 Å². The van der Waals surface area contributed by atoms with Crippen molar-refractivity contribution in [2.45, 2.75) is 19.3 Å². The Hall–Kier alpha value is -5.86. The molecule has 2 nitrogen and oxygen atoms in total. The van der Waals surface area contributed by atoms with Crippen LogP contribution in [0.1, 0.15) is 25.0 Å². The quantitative estimate of drug-likeness (QED) is 0.195. The SMILES string of the molecule is CC1(C)c2ccccc2-c2c(-c3ccccc3N(c3ccc(-c4ccccc4)cc3)c3cccc4c3oc3ccccc34)cccc21. The average molecular weight is 604 g/mol. The smallest absolute Gasteiger partial charge is 0.159 e. The summed E-state index contributed by atoms with van der Waals surface area (Å²) < 4.78 is 6.65. The summed E-state index contributed by atoms with van der Waals surface area (Å²) in [6.07, 6.45) is 0. The highest BCUT2D eigenvalue weighted by molar-refractivity contribution is 6.11. The van der Waals surface area contributed by atoms with E-state index >= 15 is 0 Å². The predicted molar refractivity (Wildman–Crippen MR) is 197 cm³/mol. The standard InChI is InChI=1S/C45H33NO/c1-45(2)38-21-9-6-18-37(38)43-35(19-12-22-39(43)45)33-16-7-10-23-40(33)46(32-28-26-31(27-29-32)30-14-4-3-5-15-30)41-24-13-20-36-34-17-8-11-25-42(34)47-44(36)41/h3-29H,1-2H3. The summed E-state index contributed by atoms with van der Waals surface area (Å²) in [5.74, 6) is 0. The first-order valence-electron chi connectivity index (χ1n) is 16.3. The summed E-state index contributed by atoms with van der Waals surface area (Å²) in [6, 6.07) is 58.8. The van der Waals surface area contributed by atoms with Crippen LogP contribution >= 0.6 is 0 Å². The molecule has 0 atom stereocenters. The Kier molecular flexibility index (Phi) is 6.20. The molecule has 0 N–H and O–H groups in total. The monoisotopic (exact) mass is 603 g/mol. The third kappa shape index (κ3) is 4.26. The van der Waals surface area contributed by atoms with Gasteiger partial charge in [0.2, 0.25) is 0 Å². The lowest BCUT2D eigenvalue weighted by Crippen LogP contribution is -2.15. The van der Waals surface area contributed by atoms with Crippen LogP contribution in [-0.2, 0) is 5.41 Å². The van der Waals surface area contributed by atoms with Gasteiger partial charge in [0.1, 0.15) is 5.58 Å². The summed E-state index contributed by atoms with van der Waals surface area (Å²) in [7, 11) is 0. The van der Waals surface area contributed by atoms with Crippen molar-refractivity contribution in [1.82, 2.24) is 0 Å². The highest BCUT2D eigenvalue weighted by atomic mass is 16.3. The van der Waals surface area contributed by atoms with Crippen LogP contribution in [0.4, 0.5) is 17.1 Å². The molecule has 0 amide bonds. The minimum atomic E-state index is -0.0797. The van der Waals surface area contributed by atoms with Crippen molar-refractivity contribution in [1.29, 1.82) is 0 Å². The van der Waals surface area contributed by atoms with Crippen molar-refractivity contribution in [3.8, 4) is 33.4 Å². The maximum atomic E-state index is 6.65. The van der Waals surface area contributed by atoms with Gasteiger partial charge in [-0.25, -0.2) is 0 Å². The maximum absolute atomic E-state index is 6.65. The molecule has 1 heterocycles. The first kappa shape index (κ1) is 27.5. The van der Waals surface area contributed by atoms with Gasteiger partial charge in [0.25, 0.3) is 0 Å². The van der Waals surface area contributed by atoms with E-state index in [2.05, 4.69) is 176 Å². The number of rotatable bonds is 5. The Morgan fingerprint density at radius 3 is 1.89 bits per heavy atom. The van der Waals surface area contributed by atoms with Crippen molar-refractivity contribution >= 4 is 39.0 Å². The lowest BCUT2D eigenvalue weighted by Gasteiger charge is -2.29. The van der Waals surface area contributed by atoms with Gasteiger partial charge in [0, 0.05) is 27.4 Å². The van der Waals surface area contributed by atoms with Gasteiger partial charge in [0.05, 0.1) is 11.4 Å². The van der Waals surface area contributed by atoms with E-state index in [1.807, 2.05) is 6.07 Å². The Balaban J connectivity index is 1.30. The van der Waals surface area contributed by atoms with Crippen LogP contribution in [0.25, 0.3) is 55.3 Å². The van der Waals surface area contributed by atoms with Crippen LogP contribution in [-0.4, -0.2) is 0 Å². The van der Waals surface area contributed by atoms with E-state index in [9.17, 15) is 0 Å². The van der Waals surface area contributed by atoms with Crippen LogP contribution in [0.15, 0.2) is 168 Å². The normalized spacial score (nSPS) is 13.1. The number of nitrogens with zero attached hydrogens (tertiary/aromatic N) is 1. The Bertz CT molecular complexity index is 2430. The van der Waals surface area contributed by atoms with E-state index < -0.39 is 0 Å². The van der Waals surface area contributed by atoms with E-state index in [0.717, 1.165) is 39.0 Å². The molecule has 0 saturated carbocycles. The minimum absolute atomic E-state index is 0.0797. The van der Waals surface area contributed by atoms with Crippen LogP contribution in [0.5, 0.6) is 0 Å². The summed E-state index contributed by atoms with van der Waals surface area (Å²) in [4.78, 5) is 2.38.